The van der Waals surface area contributed by atoms with Crippen LogP contribution in [-0.4, -0.2) is 33.9 Å². The number of thiophene rings is 1. The van der Waals surface area contributed by atoms with E-state index in [4.69, 9.17) is 0 Å². The van der Waals surface area contributed by atoms with E-state index in [0.29, 0.717) is 24.3 Å². The second-order valence-corrected chi connectivity index (χ2v) is 8.33. The molecule has 1 aliphatic heterocycles. The highest BCUT2D eigenvalue weighted by molar-refractivity contribution is 7.93. The quantitative estimate of drug-likeness (QED) is 0.787. The first-order chi connectivity index (χ1) is 12.4. The summed E-state index contributed by atoms with van der Waals surface area (Å²) in [5.74, 6) is -0.671. The van der Waals surface area contributed by atoms with Gasteiger partial charge in [0.1, 0.15) is 9.77 Å². The zero-order valence-corrected chi connectivity index (χ0v) is 15.7. The number of esters is 1. The van der Waals surface area contributed by atoms with E-state index in [1.54, 1.807) is 29.2 Å². The fourth-order valence-electron chi connectivity index (χ4n) is 2.78. The highest BCUT2D eigenvalue weighted by Crippen LogP contribution is 2.28. The number of ether oxygens (including phenoxy) is 1. The Hall–Kier alpha value is -2.39. The van der Waals surface area contributed by atoms with Gasteiger partial charge in [-0.3, -0.25) is 9.52 Å². The van der Waals surface area contributed by atoms with Gasteiger partial charge in [-0.2, -0.15) is 0 Å². The van der Waals surface area contributed by atoms with Crippen molar-refractivity contribution in [3.63, 3.8) is 0 Å². The third kappa shape index (κ3) is 3.73. The first kappa shape index (κ1) is 18.4. The molecule has 3 rings (SSSR count). The molecule has 0 bridgehead atoms. The molecule has 0 aliphatic carbocycles. The van der Waals surface area contributed by atoms with E-state index in [1.165, 1.54) is 18.6 Å². The molecule has 1 saturated heterocycles. The molecule has 0 unspecified atom stereocenters. The lowest BCUT2D eigenvalue weighted by Crippen LogP contribution is -2.35. The van der Waals surface area contributed by atoms with Crippen LogP contribution in [0.2, 0.25) is 0 Å². The predicted octanol–water partition coefficient (Wildman–Crippen LogP) is 2.85. The molecule has 2 heterocycles. The number of piperidine rings is 1. The molecule has 1 amide bonds. The Balaban J connectivity index is 1.87. The minimum absolute atomic E-state index is 0.0161. The molecule has 1 fully saturated rings. The molecule has 0 saturated carbocycles. The summed E-state index contributed by atoms with van der Waals surface area (Å²) in [7, 11) is -2.76. The van der Waals surface area contributed by atoms with Gasteiger partial charge in [0, 0.05) is 18.7 Å². The van der Waals surface area contributed by atoms with Crippen molar-refractivity contribution in [3.8, 4) is 0 Å². The van der Waals surface area contributed by atoms with Gasteiger partial charge in [-0.05, 0) is 42.5 Å². The van der Waals surface area contributed by atoms with Crippen LogP contribution in [0.25, 0.3) is 0 Å². The molecule has 1 aliphatic rings. The standard InChI is InChI=1S/C17H18N2O5S2/c1-24-17(21)16-14(8-10-25-16)26(22,23)18-12-5-4-6-13(11-12)19-9-3-2-7-15(19)20/h4-6,8,10-11,18H,2-3,7,9H2,1H3. The largest absolute Gasteiger partial charge is 0.465 e. The number of nitrogens with one attached hydrogen (secondary N) is 1. The predicted molar refractivity (Wildman–Crippen MR) is 99.1 cm³/mol. The normalized spacial score (nSPS) is 15.0. The number of sulfonamides is 1. The average molecular weight is 394 g/mol. The number of rotatable bonds is 5. The van der Waals surface area contributed by atoms with E-state index in [2.05, 4.69) is 9.46 Å². The maximum Gasteiger partial charge on any atom is 0.349 e. The Morgan fingerprint density at radius 2 is 2.08 bits per heavy atom. The molecule has 0 atom stereocenters. The Labute approximate surface area is 155 Å². The molecule has 0 radical (unpaired) electrons. The molecule has 9 heteroatoms. The van der Waals surface area contributed by atoms with E-state index < -0.39 is 16.0 Å². The lowest BCUT2D eigenvalue weighted by molar-refractivity contribution is -0.119. The molecule has 1 aromatic carbocycles. The molecule has 1 aromatic heterocycles. The summed E-state index contributed by atoms with van der Waals surface area (Å²) in [6.07, 6.45) is 2.28. The molecule has 0 spiro atoms. The Kier molecular flexibility index (Phi) is 5.28. The third-order valence-electron chi connectivity index (χ3n) is 4.02. The summed E-state index contributed by atoms with van der Waals surface area (Å²) in [6, 6.07) is 8.03. The summed E-state index contributed by atoms with van der Waals surface area (Å²) >= 11 is 0.999. The van der Waals surface area contributed by atoms with Crippen LogP contribution in [0.1, 0.15) is 28.9 Å². The third-order valence-corrected chi connectivity index (χ3v) is 6.47. The Morgan fingerprint density at radius 3 is 2.81 bits per heavy atom. The number of benzene rings is 1. The molecular weight excluding hydrogens is 376 g/mol. The fourth-order valence-corrected chi connectivity index (χ4v) is 5.16. The number of nitrogens with zero attached hydrogens (tertiary/aromatic N) is 1. The number of hydrogen-bond acceptors (Lipinski definition) is 6. The Morgan fingerprint density at radius 1 is 1.27 bits per heavy atom. The number of methoxy groups -OCH3 is 1. The zero-order chi connectivity index (χ0) is 18.7. The van der Waals surface area contributed by atoms with Crippen LogP contribution in [0.15, 0.2) is 40.6 Å². The molecule has 26 heavy (non-hydrogen) atoms. The van der Waals surface area contributed by atoms with Crippen molar-refractivity contribution in [2.45, 2.75) is 24.2 Å². The van der Waals surface area contributed by atoms with Crippen molar-refractivity contribution in [1.82, 2.24) is 0 Å². The monoisotopic (exact) mass is 394 g/mol. The zero-order valence-electron chi connectivity index (χ0n) is 14.1. The van der Waals surface area contributed by atoms with Crippen molar-refractivity contribution in [3.05, 3.63) is 40.6 Å². The molecule has 1 N–H and O–H groups in total. The van der Waals surface area contributed by atoms with E-state index in [9.17, 15) is 18.0 Å². The first-order valence-electron chi connectivity index (χ1n) is 8.01. The number of carbonyl (C=O) groups excluding carboxylic acids is 2. The van der Waals surface area contributed by atoms with Gasteiger partial charge in [-0.25, -0.2) is 13.2 Å². The number of hydrogen-bond donors (Lipinski definition) is 1. The van der Waals surface area contributed by atoms with Crippen LogP contribution < -0.4 is 9.62 Å². The van der Waals surface area contributed by atoms with Crippen molar-refractivity contribution < 1.29 is 22.7 Å². The second kappa shape index (κ2) is 7.46. The van der Waals surface area contributed by atoms with E-state index >= 15 is 0 Å². The van der Waals surface area contributed by atoms with Gasteiger partial charge in [0.05, 0.1) is 12.8 Å². The highest BCUT2D eigenvalue weighted by atomic mass is 32.2. The number of anilines is 2. The van der Waals surface area contributed by atoms with Gasteiger partial charge in [0.25, 0.3) is 10.0 Å². The Bertz CT molecular complexity index is 936. The lowest BCUT2D eigenvalue weighted by Gasteiger charge is -2.27. The topological polar surface area (TPSA) is 92.8 Å². The van der Waals surface area contributed by atoms with Crippen LogP contribution >= 0.6 is 11.3 Å². The maximum atomic E-state index is 12.7. The van der Waals surface area contributed by atoms with Crippen molar-refractivity contribution >= 4 is 44.6 Å². The van der Waals surface area contributed by atoms with Crippen molar-refractivity contribution in [1.29, 1.82) is 0 Å². The molecular formula is C17H18N2O5S2. The highest BCUT2D eigenvalue weighted by Gasteiger charge is 2.25. The lowest BCUT2D eigenvalue weighted by atomic mass is 10.1. The van der Waals surface area contributed by atoms with Crippen LogP contribution in [0.4, 0.5) is 11.4 Å². The number of amides is 1. The van der Waals surface area contributed by atoms with Gasteiger partial charge < -0.3 is 9.64 Å². The van der Waals surface area contributed by atoms with E-state index in [1.807, 2.05) is 0 Å². The van der Waals surface area contributed by atoms with Gasteiger partial charge in [0.15, 0.2) is 0 Å². The van der Waals surface area contributed by atoms with Crippen molar-refractivity contribution in [2.24, 2.45) is 0 Å². The molecule has 138 valence electrons. The summed E-state index contributed by atoms with van der Waals surface area (Å²) in [5, 5.41) is 1.52. The van der Waals surface area contributed by atoms with Gasteiger partial charge >= 0.3 is 5.97 Å². The maximum absolute atomic E-state index is 12.7. The van der Waals surface area contributed by atoms with Gasteiger partial charge in [0.2, 0.25) is 5.91 Å². The minimum atomic E-state index is -3.96. The smallest absolute Gasteiger partial charge is 0.349 e. The molecule has 2 aromatic rings. The summed E-state index contributed by atoms with van der Waals surface area (Å²) in [6.45, 7) is 0.617. The first-order valence-corrected chi connectivity index (χ1v) is 10.4. The second-order valence-electron chi connectivity index (χ2n) is 5.76. The minimum Gasteiger partial charge on any atom is -0.465 e. The summed E-state index contributed by atoms with van der Waals surface area (Å²) < 4.78 is 32.4. The van der Waals surface area contributed by atoms with Crippen LogP contribution in [-0.2, 0) is 19.6 Å². The fraction of sp³-hybridized carbons (Fsp3) is 0.294. The van der Waals surface area contributed by atoms with E-state index in [-0.39, 0.29) is 15.7 Å². The summed E-state index contributed by atoms with van der Waals surface area (Å²) in [4.78, 5) is 25.4. The van der Waals surface area contributed by atoms with Crippen LogP contribution in [0.3, 0.4) is 0 Å². The number of carbonyl (C=O) groups is 2. The van der Waals surface area contributed by atoms with Gasteiger partial charge in [-0.1, -0.05) is 6.07 Å². The van der Waals surface area contributed by atoms with E-state index in [0.717, 1.165) is 24.2 Å². The van der Waals surface area contributed by atoms with Crippen LogP contribution in [0.5, 0.6) is 0 Å². The average Bonchev–Trinajstić information content (AvgIpc) is 3.12. The SMILES string of the molecule is COC(=O)c1sccc1S(=O)(=O)Nc1cccc(N2CCCCC2=O)c1. The summed E-state index contributed by atoms with van der Waals surface area (Å²) in [5.41, 5.74) is 0.969. The van der Waals surface area contributed by atoms with Crippen molar-refractivity contribution in [2.75, 3.05) is 23.3 Å². The van der Waals surface area contributed by atoms with Gasteiger partial charge in [-0.15, -0.1) is 11.3 Å². The van der Waals surface area contributed by atoms with Crippen LogP contribution in [0, 0.1) is 0 Å². The molecule has 7 nitrogen and oxygen atoms in total.